The predicted molar refractivity (Wildman–Crippen MR) is 125 cm³/mol. The van der Waals surface area contributed by atoms with Gasteiger partial charge in [-0.1, -0.05) is 0 Å². The van der Waals surface area contributed by atoms with Gasteiger partial charge in [-0.05, 0) is 55.3 Å². The Hall–Kier alpha value is -3.51. The number of nitrogens with one attached hydrogen (secondary N) is 2. The minimum Gasteiger partial charge on any atom is -0.384 e. The monoisotopic (exact) mass is 503 g/mol. The molecule has 1 aliphatic carbocycles. The molecule has 7 nitrogen and oxygen atoms in total. The lowest BCUT2D eigenvalue weighted by molar-refractivity contribution is -0.141. The summed E-state index contributed by atoms with van der Waals surface area (Å²) < 4.78 is 40.4. The number of aromatic nitrogens is 2. The molecule has 0 aliphatic heterocycles. The molecule has 4 aromatic rings. The highest BCUT2D eigenvalue weighted by atomic mass is 32.1. The molecule has 0 bridgehead atoms. The zero-order valence-electron chi connectivity index (χ0n) is 17.3. The summed E-state index contributed by atoms with van der Waals surface area (Å²) in [4.78, 5) is 33.4. The zero-order chi connectivity index (χ0) is 24.0. The molecule has 0 unspecified atom stereocenters. The van der Waals surface area contributed by atoms with Crippen molar-refractivity contribution in [1.29, 1.82) is 0 Å². The highest BCUT2D eigenvalue weighted by Crippen LogP contribution is 2.38. The minimum atomic E-state index is -4.75. The lowest BCUT2D eigenvalue weighted by Crippen LogP contribution is -2.26. The normalized spacial score (nSPS) is 13.7. The number of alkyl halides is 3. The molecule has 2 amide bonds. The number of fused-ring (bicyclic) bond motifs is 1. The predicted octanol–water partition coefficient (Wildman–Crippen LogP) is 5.17. The largest absolute Gasteiger partial charge is 0.435 e. The fourth-order valence-electron chi connectivity index (χ4n) is 3.20. The molecule has 12 heteroatoms. The second-order valence-corrected chi connectivity index (χ2v) is 9.74. The van der Waals surface area contributed by atoms with Crippen LogP contribution in [0.4, 0.5) is 24.7 Å². The molecular formula is C22H16F3N5O2S2. The summed E-state index contributed by atoms with van der Waals surface area (Å²) in [6.45, 7) is 0. The van der Waals surface area contributed by atoms with E-state index in [1.807, 2.05) is 0 Å². The molecule has 0 spiro atoms. The van der Waals surface area contributed by atoms with E-state index in [1.165, 1.54) is 11.3 Å². The van der Waals surface area contributed by atoms with Crippen molar-refractivity contribution in [3.05, 3.63) is 57.9 Å². The average Bonchev–Trinajstić information content (AvgIpc) is 3.31. The number of anilines is 2. The number of nitrogens with two attached hydrogens (primary N) is 1. The molecule has 1 fully saturated rings. The Labute approximate surface area is 198 Å². The van der Waals surface area contributed by atoms with Crippen LogP contribution in [-0.4, -0.2) is 27.8 Å². The number of thiophene rings is 1. The number of carbonyl (C=O) groups is 2. The smallest absolute Gasteiger partial charge is 0.384 e. The lowest BCUT2D eigenvalue weighted by Gasteiger charge is -2.06. The van der Waals surface area contributed by atoms with Gasteiger partial charge in [0.05, 0.1) is 4.88 Å². The molecular weight excluding hydrogens is 487 g/mol. The van der Waals surface area contributed by atoms with Gasteiger partial charge in [0.25, 0.3) is 11.8 Å². The van der Waals surface area contributed by atoms with Gasteiger partial charge in [-0.15, -0.1) is 22.7 Å². The third kappa shape index (κ3) is 4.59. The number of amides is 2. The van der Waals surface area contributed by atoms with Crippen LogP contribution in [0.1, 0.15) is 37.9 Å². The fourth-order valence-corrected chi connectivity index (χ4v) is 5.13. The molecule has 3 heterocycles. The summed E-state index contributed by atoms with van der Waals surface area (Å²) in [6, 6.07) is 11.3. The molecule has 1 aromatic carbocycles. The molecule has 0 saturated heterocycles. The van der Waals surface area contributed by atoms with Crippen LogP contribution in [0.5, 0.6) is 0 Å². The van der Waals surface area contributed by atoms with Crippen molar-refractivity contribution in [2.45, 2.75) is 25.1 Å². The number of benzene rings is 1. The summed E-state index contributed by atoms with van der Waals surface area (Å²) in [7, 11) is 0. The lowest BCUT2D eigenvalue weighted by atomic mass is 10.2. The molecule has 0 radical (unpaired) electrons. The molecule has 4 N–H and O–H groups in total. The Kier molecular flexibility index (Phi) is 5.48. The van der Waals surface area contributed by atoms with Crippen molar-refractivity contribution in [1.82, 2.24) is 15.3 Å². The first kappa shape index (κ1) is 22.3. The summed E-state index contributed by atoms with van der Waals surface area (Å²) in [5, 5.41) is 6.20. The highest BCUT2D eigenvalue weighted by molar-refractivity contribution is 7.20. The van der Waals surface area contributed by atoms with Crippen LogP contribution < -0.4 is 16.4 Å². The van der Waals surface area contributed by atoms with Gasteiger partial charge in [0, 0.05) is 22.7 Å². The number of rotatable bonds is 5. The quantitative estimate of drug-likeness (QED) is 0.348. The SMILES string of the molecule is Nc1ccc2cc(C(=O)Nc3ccc(-c4nc(C(F)(F)F)c(C(=O)NC5CC5)s4)cc3)sc2n1. The number of hydrogen-bond acceptors (Lipinski definition) is 7. The standard InChI is InChI=1S/C22H16F3N5O2S2/c23-22(24,25)17-16(19(32)28-13-6-7-13)34-20(30-17)10-1-4-12(5-2-10)27-18(31)14-9-11-3-8-15(26)29-21(11)33-14/h1-5,8-9,13H,6-7H2,(H2,26,29)(H,27,31)(H,28,32). The Morgan fingerprint density at radius 1 is 1.00 bits per heavy atom. The first-order chi connectivity index (χ1) is 16.2. The second kappa shape index (κ2) is 8.37. The number of nitrogens with zero attached hydrogens (tertiary/aromatic N) is 2. The number of thiazole rings is 1. The van der Waals surface area contributed by atoms with Gasteiger partial charge in [0.1, 0.15) is 20.5 Å². The third-order valence-corrected chi connectivity index (χ3v) is 7.18. The van der Waals surface area contributed by atoms with Gasteiger partial charge in [-0.3, -0.25) is 9.59 Å². The van der Waals surface area contributed by atoms with Gasteiger partial charge in [0.15, 0.2) is 5.69 Å². The van der Waals surface area contributed by atoms with Crippen molar-refractivity contribution in [3.63, 3.8) is 0 Å². The van der Waals surface area contributed by atoms with Crippen LogP contribution in [0.25, 0.3) is 20.8 Å². The van der Waals surface area contributed by atoms with E-state index in [1.54, 1.807) is 42.5 Å². The van der Waals surface area contributed by atoms with Crippen molar-refractivity contribution in [2.24, 2.45) is 0 Å². The fraction of sp³-hybridized carbons (Fsp3) is 0.182. The van der Waals surface area contributed by atoms with Crippen LogP contribution in [0.2, 0.25) is 0 Å². The molecule has 34 heavy (non-hydrogen) atoms. The minimum absolute atomic E-state index is 0.0688. The summed E-state index contributed by atoms with van der Waals surface area (Å²) in [6.07, 6.45) is -3.22. The maximum atomic E-state index is 13.5. The molecule has 1 saturated carbocycles. The van der Waals surface area contributed by atoms with E-state index in [0.717, 1.165) is 18.2 Å². The van der Waals surface area contributed by atoms with Crippen LogP contribution in [0.15, 0.2) is 42.5 Å². The van der Waals surface area contributed by atoms with Crippen molar-refractivity contribution in [2.75, 3.05) is 11.1 Å². The number of pyridine rings is 1. The highest BCUT2D eigenvalue weighted by Gasteiger charge is 2.40. The van der Waals surface area contributed by atoms with E-state index in [0.29, 0.717) is 38.1 Å². The Balaban J connectivity index is 1.35. The van der Waals surface area contributed by atoms with Crippen LogP contribution >= 0.6 is 22.7 Å². The van der Waals surface area contributed by atoms with E-state index >= 15 is 0 Å². The van der Waals surface area contributed by atoms with Crippen molar-refractivity contribution < 1.29 is 22.8 Å². The van der Waals surface area contributed by atoms with Gasteiger partial charge >= 0.3 is 6.18 Å². The van der Waals surface area contributed by atoms with E-state index in [4.69, 9.17) is 5.73 Å². The second-order valence-electron chi connectivity index (χ2n) is 7.71. The number of nitrogen functional groups attached to an aromatic ring is 1. The first-order valence-corrected chi connectivity index (χ1v) is 11.8. The Morgan fingerprint density at radius 2 is 1.74 bits per heavy atom. The molecule has 174 valence electrons. The average molecular weight is 504 g/mol. The molecule has 5 rings (SSSR count). The zero-order valence-corrected chi connectivity index (χ0v) is 18.9. The first-order valence-electron chi connectivity index (χ1n) is 10.1. The molecule has 3 aromatic heterocycles. The van der Waals surface area contributed by atoms with E-state index in [2.05, 4.69) is 20.6 Å². The molecule has 0 atom stereocenters. The Morgan fingerprint density at radius 3 is 2.41 bits per heavy atom. The topological polar surface area (TPSA) is 110 Å². The maximum absolute atomic E-state index is 13.5. The van der Waals surface area contributed by atoms with Crippen molar-refractivity contribution in [3.8, 4) is 10.6 Å². The summed E-state index contributed by atoms with van der Waals surface area (Å²) in [5.74, 6) is -0.745. The number of halogens is 3. The van der Waals surface area contributed by atoms with Gasteiger partial charge in [-0.25, -0.2) is 9.97 Å². The summed E-state index contributed by atoms with van der Waals surface area (Å²) >= 11 is 1.89. The Bertz CT molecular complexity index is 1410. The van der Waals surface area contributed by atoms with E-state index < -0.39 is 22.7 Å². The van der Waals surface area contributed by atoms with Crippen LogP contribution in [0.3, 0.4) is 0 Å². The van der Waals surface area contributed by atoms with E-state index in [-0.39, 0.29) is 17.0 Å². The van der Waals surface area contributed by atoms with E-state index in [9.17, 15) is 22.8 Å². The van der Waals surface area contributed by atoms with Crippen LogP contribution in [-0.2, 0) is 6.18 Å². The third-order valence-electron chi connectivity index (χ3n) is 5.03. The maximum Gasteiger partial charge on any atom is 0.435 e. The summed E-state index contributed by atoms with van der Waals surface area (Å²) in [5.41, 5.74) is 5.34. The number of carbonyl (C=O) groups excluding carboxylic acids is 2. The van der Waals surface area contributed by atoms with Gasteiger partial charge < -0.3 is 16.4 Å². The van der Waals surface area contributed by atoms with Gasteiger partial charge in [0.2, 0.25) is 0 Å². The molecule has 1 aliphatic rings. The van der Waals surface area contributed by atoms with Crippen molar-refractivity contribution >= 4 is 56.2 Å². The van der Waals surface area contributed by atoms with Crippen LogP contribution in [0, 0.1) is 0 Å². The number of hydrogen-bond donors (Lipinski definition) is 3. The van der Waals surface area contributed by atoms with Gasteiger partial charge in [-0.2, -0.15) is 13.2 Å².